The van der Waals surface area contributed by atoms with E-state index in [9.17, 15) is 9.59 Å². The topological polar surface area (TPSA) is 57.0 Å². The van der Waals surface area contributed by atoms with E-state index in [4.69, 9.17) is 11.3 Å². The van der Waals surface area contributed by atoms with Crippen molar-refractivity contribution in [3.63, 3.8) is 0 Å². The van der Waals surface area contributed by atoms with Gasteiger partial charge >= 0.3 is 11.9 Å². The first-order chi connectivity index (χ1) is 53.2. The SMILES string of the molecule is COC(=O)c1ccc(C2CCC2)c(I)c1.[C-]#[N+]c1cc(C(=O)OC)c(C)cc1C1CCC1.[Pd].c1ccc(P(c2ccccc2)c2ccccc2)cc1.c1ccc(P(c2ccccc2)c2ccccc2)cc1.c1ccc(P(c2ccccc2)c2ccccc2)cc1.c1ccc(P(c2ccccc2)c2ccccc2)cc1. The molecular weight excluding hydrogens is 1610 g/mol. The van der Waals surface area contributed by atoms with Crippen molar-refractivity contribution < 1.29 is 39.5 Å². The summed E-state index contributed by atoms with van der Waals surface area (Å²) in [7, 11) is 0.988. The fourth-order valence-corrected chi connectivity index (χ4v) is 22.9. The van der Waals surface area contributed by atoms with Gasteiger partial charge in [0.1, 0.15) is 0 Å². The first-order valence-electron chi connectivity index (χ1n) is 36.5. The third-order valence-corrected chi connectivity index (χ3v) is 29.3. The van der Waals surface area contributed by atoms with Gasteiger partial charge in [-0.3, -0.25) is 0 Å². The van der Waals surface area contributed by atoms with Crippen LogP contribution in [0.15, 0.2) is 394 Å². The molecule has 14 aromatic carbocycles. The predicted molar refractivity (Wildman–Crippen MR) is 473 cm³/mol. The number of hydrogen-bond donors (Lipinski definition) is 0. The number of ether oxygens (including phenoxy) is 2. The Labute approximate surface area is 677 Å². The molecule has 0 aliphatic heterocycles. The number of methoxy groups -OCH3 is 2. The fraction of sp³-hybridized carbons (Fsp3) is 0.112. The van der Waals surface area contributed by atoms with Crippen LogP contribution in [0, 0.1) is 17.1 Å². The minimum Gasteiger partial charge on any atom is -0.465 e. The summed E-state index contributed by atoms with van der Waals surface area (Å²) in [6.07, 6.45) is 7.44. The van der Waals surface area contributed by atoms with Gasteiger partial charge in [-0.2, -0.15) is 0 Å². The summed E-state index contributed by atoms with van der Waals surface area (Å²) in [5, 5.41) is 16.8. The van der Waals surface area contributed by atoms with Crippen LogP contribution in [0.1, 0.15) is 87.8 Å². The zero-order chi connectivity index (χ0) is 74.9. The minimum atomic E-state index is -0.446. The summed E-state index contributed by atoms with van der Waals surface area (Å²) in [6.45, 7) is 9.11. The van der Waals surface area contributed by atoms with E-state index in [1.54, 1.807) is 6.07 Å². The minimum absolute atomic E-state index is 0. The molecule has 0 unspecified atom stereocenters. The normalized spacial score (nSPS) is 11.9. The molecule has 0 radical (unpaired) electrons. The van der Waals surface area contributed by atoms with E-state index < -0.39 is 31.7 Å². The molecule has 5 nitrogen and oxygen atoms in total. The fourth-order valence-electron chi connectivity index (χ4n) is 12.7. The Balaban J connectivity index is 0.000000139. The second-order valence-electron chi connectivity index (χ2n) is 25.7. The molecule has 546 valence electrons. The number of nitrogens with zero attached hydrogens (tertiary/aromatic N) is 1. The summed E-state index contributed by atoms with van der Waals surface area (Å²) in [5.74, 6) is 0.591. The van der Waals surface area contributed by atoms with E-state index in [0.717, 1.165) is 24.0 Å². The summed E-state index contributed by atoms with van der Waals surface area (Å²) in [5.41, 5.74) is 5.12. The molecule has 2 aliphatic rings. The van der Waals surface area contributed by atoms with Gasteiger partial charge in [0.15, 0.2) is 5.69 Å². The van der Waals surface area contributed by atoms with Crippen molar-refractivity contribution in [2.24, 2.45) is 0 Å². The van der Waals surface area contributed by atoms with Crippen LogP contribution in [0.5, 0.6) is 0 Å². The van der Waals surface area contributed by atoms with Crippen molar-refractivity contribution in [3.05, 3.63) is 437 Å². The van der Waals surface area contributed by atoms with Gasteiger partial charge in [0, 0.05) is 24.0 Å². The Kier molecular flexibility index (Phi) is 33.4. The van der Waals surface area contributed by atoms with Crippen LogP contribution < -0.4 is 63.7 Å². The quantitative estimate of drug-likeness (QED) is 0.0318. The molecular formula is C98H88INO4P4Pd. The summed E-state index contributed by atoms with van der Waals surface area (Å²) >= 11 is 2.30. The number of esters is 2. The number of carbonyl (C=O) groups is 2. The molecule has 0 atom stereocenters. The van der Waals surface area contributed by atoms with Gasteiger partial charge < -0.3 is 9.47 Å². The van der Waals surface area contributed by atoms with Crippen LogP contribution >= 0.6 is 54.3 Å². The second kappa shape index (κ2) is 44.3. The maximum absolute atomic E-state index is 11.5. The summed E-state index contributed by atoms with van der Waals surface area (Å²) in [6, 6.07) is 139. The molecule has 0 spiro atoms. The van der Waals surface area contributed by atoms with E-state index in [2.05, 4.69) is 402 Å². The number of halogens is 1. The first kappa shape index (κ1) is 82.1. The van der Waals surface area contributed by atoms with E-state index in [1.807, 2.05) is 25.1 Å². The molecule has 2 aliphatic carbocycles. The van der Waals surface area contributed by atoms with Gasteiger partial charge in [0.2, 0.25) is 0 Å². The van der Waals surface area contributed by atoms with Crippen LogP contribution in [0.2, 0.25) is 0 Å². The van der Waals surface area contributed by atoms with Gasteiger partial charge in [-0.25, -0.2) is 14.4 Å². The smallest absolute Gasteiger partial charge is 0.337 e. The van der Waals surface area contributed by atoms with Gasteiger partial charge in [-0.15, -0.1) is 0 Å². The Morgan fingerprint density at radius 2 is 0.541 bits per heavy atom. The van der Waals surface area contributed by atoms with Crippen LogP contribution in [0.4, 0.5) is 5.69 Å². The van der Waals surface area contributed by atoms with Crippen LogP contribution in [-0.4, -0.2) is 26.2 Å². The average molecular weight is 1700 g/mol. The van der Waals surface area contributed by atoms with Crippen molar-refractivity contribution in [2.75, 3.05) is 14.2 Å². The second-order valence-corrected chi connectivity index (χ2v) is 35.7. The molecule has 0 aromatic heterocycles. The maximum Gasteiger partial charge on any atom is 0.337 e. The molecule has 0 saturated heterocycles. The molecule has 0 heterocycles. The van der Waals surface area contributed by atoms with E-state index in [0.29, 0.717) is 28.7 Å². The summed E-state index contributed by atoms with van der Waals surface area (Å²) in [4.78, 5) is 26.4. The average Bonchev–Trinajstić information content (AvgIpc) is 0.803. The van der Waals surface area contributed by atoms with Crippen molar-refractivity contribution in [3.8, 4) is 0 Å². The van der Waals surface area contributed by atoms with E-state index >= 15 is 0 Å². The monoisotopic (exact) mass is 1700 g/mol. The standard InChI is InChI=1S/4C18H15P.C14H15NO2.C12H13IO2.Pd/c4*1-4-10-16(11-5-1)19(17-12-6-2-7-13-17)18-14-8-3-9-15-18;1-9-7-12(10-5-4-6-10)13(15-2)8-11(9)14(16)17-3;1-15-12(14)9-5-6-10(11(13)7-9)8-3-2-4-8;/h4*1-15H;7-8,10H,4-6H2,1,3H3;5-8H,2-4H2,1H3;. The zero-order valence-electron chi connectivity index (χ0n) is 61.5. The van der Waals surface area contributed by atoms with Crippen molar-refractivity contribution >= 4 is 136 Å². The van der Waals surface area contributed by atoms with Crippen LogP contribution in [0.3, 0.4) is 0 Å². The largest absolute Gasteiger partial charge is 0.465 e. The van der Waals surface area contributed by atoms with Gasteiger partial charge in [-0.05, 0) is 197 Å². The Morgan fingerprint density at radius 3 is 0.725 bits per heavy atom. The predicted octanol–water partition coefficient (Wildman–Crippen LogP) is 20.7. The third-order valence-electron chi connectivity index (χ3n) is 18.6. The molecule has 0 N–H and O–H groups in total. The van der Waals surface area contributed by atoms with Crippen molar-refractivity contribution in [2.45, 2.75) is 57.3 Å². The number of rotatable bonds is 16. The molecule has 109 heavy (non-hydrogen) atoms. The van der Waals surface area contributed by atoms with Gasteiger partial charge in [0.05, 0.1) is 31.9 Å². The number of benzene rings is 14. The third kappa shape index (κ3) is 23.6. The van der Waals surface area contributed by atoms with Gasteiger partial charge in [-0.1, -0.05) is 389 Å². The Morgan fingerprint density at radius 1 is 0.321 bits per heavy atom. The molecule has 14 aromatic rings. The summed E-state index contributed by atoms with van der Waals surface area (Å²) < 4.78 is 10.6. The Hall–Kier alpha value is -9.38. The van der Waals surface area contributed by atoms with Crippen LogP contribution in [-0.2, 0) is 29.9 Å². The number of carbonyl (C=O) groups excluding carboxylic acids is 2. The first-order valence-corrected chi connectivity index (χ1v) is 42.9. The number of hydrogen-bond acceptors (Lipinski definition) is 4. The molecule has 16 rings (SSSR count). The maximum atomic E-state index is 11.5. The molecule has 0 amide bonds. The number of aryl methyl sites for hydroxylation is 1. The zero-order valence-corrected chi connectivity index (χ0v) is 68.8. The van der Waals surface area contributed by atoms with E-state index in [-0.39, 0.29) is 32.4 Å². The molecule has 2 fully saturated rings. The molecule has 2 saturated carbocycles. The molecule has 0 bridgehead atoms. The van der Waals surface area contributed by atoms with Crippen molar-refractivity contribution in [1.82, 2.24) is 0 Å². The molecule has 11 heteroatoms. The Bertz CT molecular complexity index is 4170. The van der Waals surface area contributed by atoms with E-state index in [1.165, 1.54) is 113 Å². The van der Waals surface area contributed by atoms with Gasteiger partial charge in [0.25, 0.3) is 0 Å². The van der Waals surface area contributed by atoms with Crippen LogP contribution in [0.25, 0.3) is 4.85 Å². The van der Waals surface area contributed by atoms with Crippen molar-refractivity contribution in [1.29, 1.82) is 0 Å².